The molecule has 3 saturated carbocycles. The molecule has 0 spiro atoms. The maximum Gasteiger partial charge on any atom is 0.472 e. The molecule has 5 heteroatoms. The van der Waals surface area contributed by atoms with E-state index < -0.39 is 24.3 Å². The summed E-state index contributed by atoms with van der Waals surface area (Å²) in [5.41, 5.74) is 4.28. The molecule has 3 aliphatic rings. The molecule has 0 saturated heterocycles. The summed E-state index contributed by atoms with van der Waals surface area (Å²) in [4.78, 5) is 0. The smallest absolute Gasteiger partial charge is 0.426 e. The number of hydrogen-bond donors (Lipinski definition) is 3. The number of nitrogens with two attached hydrogens (primary N) is 1. The lowest BCUT2D eigenvalue weighted by Crippen LogP contribution is -2.77. The molecule has 19 heavy (non-hydrogen) atoms. The molecule has 3 fully saturated rings. The van der Waals surface area contributed by atoms with Gasteiger partial charge in [0.2, 0.25) is 0 Å². The molecule has 3 rings (SSSR count). The highest BCUT2D eigenvalue weighted by Crippen LogP contribution is 2.67. The zero-order chi connectivity index (χ0) is 14.6. The largest absolute Gasteiger partial charge is 0.472 e. The van der Waals surface area contributed by atoms with E-state index in [1.807, 2.05) is 20.8 Å². The molecule has 2 bridgehead atoms. The van der Waals surface area contributed by atoms with E-state index >= 15 is 0 Å². The maximum absolute atomic E-state index is 10.8. The zero-order valence-corrected chi connectivity index (χ0v) is 12.8. The van der Waals surface area contributed by atoms with E-state index in [9.17, 15) is 10.1 Å². The molecule has 0 aromatic rings. The predicted molar refractivity (Wildman–Crippen MR) is 76.3 cm³/mol. The number of rotatable bonds is 4. The van der Waals surface area contributed by atoms with Crippen molar-refractivity contribution in [3.8, 4) is 0 Å². The highest BCUT2D eigenvalue weighted by Gasteiger charge is 2.71. The molecule has 0 radical (unpaired) electrons. The summed E-state index contributed by atoms with van der Waals surface area (Å²) in [6.45, 7) is 10.0. The second-order valence-corrected chi connectivity index (χ2v) is 7.59. The molecule has 3 aliphatic carbocycles. The third-order valence-corrected chi connectivity index (χ3v) is 5.87. The molecule has 4 nitrogen and oxygen atoms in total. The van der Waals surface area contributed by atoms with Crippen molar-refractivity contribution in [2.24, 2.45) is 23.0 Å². The summed E-state index contributed by atoms with van der Waals surface area (Å²) in [7, 11) is -1.02. The first-order valence-electron chi connectivity index (χ1n) is 7.39. The van der Waals surface area contributed by atoms with Crippen molar-refractivity contribution in [2.75, 3.05) is 0 Å². The third-order valence-electron chi connectivity index (χ3n) is 5.87. The van der Waals surface area contributed by atoms with E-state index in [1.165, 1.54) is 0 Å². The normalized spacial score (nSPS) is 41.8. The summed E-state index contributed by atoms with van der Waals surface area (Å²) in [5.74, 6) is 0.274. The van der Waals surface area contributed by atoms with Crippen molar-refractivity contribution in [3.63, 3.8) is 0 Å². The van der Waals surface area contributed by atoms with E-state index in [-0.39, 0.29) is 11.3 Å². The van der Waals surface area contributed by atoms with Crippen molar-refractivity contribution in [1.29, 1.82) is 0 Å². The highest BCUT2D eigenvalue weighted by molar-refractivity contribution is 6.45. The molecule has 110 valence electrons. The van der Waals surface area contributed by atoms with Crippen LogP contribution in [-0.2, 0) is 4.65 Å². The summed E-state index contributed by atoms with van der Waals surface area (Å²) in [6, 6.07) is 0. The second kappa shape index (κ2) is 4.45. The summed E-state index contributed by atoms with van der Waals surface area (Å²) >= 11 is 0. The first-order valence-corrected chi connectivity index (χ1v) is 7.39. The highest BCUT2D eigenvalue weighted by atomic mass is 16.6. The minimum Gasteiger partial charge on any atom is -0.426 e. The standard InChI is InChI=1S/C14H28BNO3/c1-9(2)11(16)15(18)19-14-8-10(12(14,3)4)6-7-13(14,5)17/h9-11,17-18H,6-8,16H2,1-5H3/t10?,11-,13?,14?/m0/s1. The van der Waals surface area contributed by atoms with Gasteiger partial charge in [-0.2, -0.15) is 0 Å². The van der Waals surface area contributed by atoms with Crippen molar-refractivity contribution < 1.29 is 14.8 Å². The van der Waals surface area contributed by atoms with Crippen LogP contribution in [0.25, 0.3) is 0 Å². The van der Waals surface area contributed by atoms with Gasteiger partial charge in [0, 0.05) is 5.94 Å². The fourth-order valence-electron chi connectivity index (χ4n) is 4.04. The number of fused-ring (bicyclic) bond motifs is 2. The molecule has 0 heterocycles. The van der Waals surface area contributed by atoms with E-state index in [4.69, 9.17) is 10.4 Å². The number of aliphatic hydroxyl groups is 1. The van der Waals surface area contributed by atoms with Gasteiger partial charge in [0.1, 0.15) is 0 Å². The number of hydrogen-bond acceptors (Lipinski definition) is 4. The van der Waals surface area contributed by atoms with Crippen LogP contribution < -0.4 is 5.73 Å². The summed E-state index contributed by atoms with van der Waals surface area (Å²) < 4.78 is 5.98. The van der Waals surface area contributed by atoms with Crippen LogP contribution in [0, 0.1) is 17.3 Å². The Morgan fingerprint density at radius 3 is 2.32 bits per heavy atom. The molecule has 3 unspecified atom stereocenters. The van der Waals surface area contributed by atoms with Crippen LogP contribution in [0.3, 0.4) is 0 Å². The average molecular weight is 269 g/mol. The van der Waals surface area contributed by atoms with E-state index in [1.54, 1.807) is 0 Å². The van der Waals surface area contributed by atoms with Crippen LogP contribution in [0.4, 0.5) is 0 Å². The molecule has 0 amide bonds. The minimum absolute atomic E-state index is 0.119. The topological polar surface area (TPSA) is 75.7 Å². The summed E-state index contributed by atoms with van der Waals surface area (Å²) in [5, 5.41) is 21.0. The zero-order valence-electron chi connectivity index (χ0n) is 12.8. The van der Waals surface area contributed by atoms with Crippen molar-refractivity contribution in [3.05, 3.63) is 0 Å². The van der Waals surface area contributed by atoms with Gasteiger partial charge in [-0.25, -0.2) is 0 Å². The lowest BCUT2D eigenvalue weighted by atomic mass is 9.40. The fourth-order valence-corrected chi connectivity index (χ4v) is 4.04. The van der Waals surface area contributed by atoms with Crippen LogP contribution >= 0.6 is 0 Å². The summed E-state index contributed by atoms with van der Waals surface area (Å²) in [6.07, 6.45) is 2.57. The van der Waals surface area contributed by atoms with Gasteiger partial charge < -0.3 is 20.5 Å². The van der Waals surface area contributed by atoms with Gasteiger partial charge in [-0.3, -0.25) is 0 Å². The predicted octanol–water partition coefficient (Wildman–Crippen LogP) is 1.34. The molecule has 0 aromatic heterocycles. The van der Waals surface area contributed by atoms with Gasteiger partial charge in [0.15, 0.2) is 0 Å². The molecule has 4 N–H and O–H groups in total. The second-order valence-electron chi connectivity index (χ2n) is 7.59. The lowest BCUT2D eigenvalue weighted by molar-refractivity contribution is -0.305. The van der Waals surface area contributed by atoms with Gasteiger partial charge in [-0.05, 0) is 43.4 Å². The molecule has 4 atom stereocenters. The maximum atomic E-state index is 10.8. The molecule has 0 aliphatic heterocycles. The first-order chi connectivity index (χ1) is 8.55. The van der Waals surface area contributed by atoms with E-state index in [2.05, 4.69) is 13.8 Å². The fraction of sp³-hybridized carbons (Fsp3) is 1.00. The average Bonchev–Trinajstić information content (AvgIpc) is 2.29. The monoisotopic (exact) mass is 269 g/mol. The van der Waals surface area contributed by atoms with Crippen LogP contribution in [0.15, 0.2) is 0 Å². The lowest BCUT2D eigenvalue weighted by Gasteiger charge is -2.71. The van der Waals surface area contributed by atoms with Crippen LogP contribution in [-0.4, -0.2) is 34.4 Å². The first kappa shape index (κ1) is 15.3. The molecular formula is C14H28BNO3. The van der Waals surface area contributed by atoms with Gasteiger partial charge in [-0.1, -0.05) is 27.7 Å². The quantitative estimate of drug-likeness (QED) is 0.673. The van der Waals surface area contributed by atoms with E-state index in [0.29, 0.717) is 5.92 Å². The Labute approximate surface area is 116 Å². The van der Waals surface area contributed by atoms with Gasteiger partial charge in [0.25, 0.3) is 0 Å². The van der Waals surface area contributed by atoms with Crippen LogP contribution in [0.1, 0.15) is 53.9 Å². The van der Waals surface area contributed by atoms with Gasteiger partial charge in [0.05, 0.1) is 11.2 Å². The van der Waals surface area contributed by atoms with Crippen molar-refractivity contribution in [1.82, 2.24) is 0 Å². The van der Waals surface area contributed by atoms with Crippen molar-refractivity contribution in [2.45, 2.75) is 71.0 Å². The third kappa shape index (κ3) is 1.97. The Hall–Kier alpha value is -0.0951. The Kier molecular flexibility index (Phi) is 3.58. The van der Waals surface area contributed by atoms with Crippen LogP contribution in [0.2, 0.25) is 0 Å². The Morgan fingerprint density at radius 1 is 1.32 bits per heavy atom. The van der Waals surface area contributed by atoms with Crippen molar-refractivity contribution >= 4 is 7.12 Å². The SMILES string of the molecule is CC(C)[C@H](N)B(O)OC12CC(CCC1(C)O)C2(C)C. The van der Waals surface area contributed by atoms with E-state index in [0.717, 1.165) is 19.3 Å². The minimum atomic E-state index is -1.02. The van der Waals surface area contributed by atoms with Gasteiger partial charge >= 0.3 is 7.12 Å². The van der Waals surface area contributed by atoms with Gasteiger partial charge in [-0.15, -0.1) is 0 Å². The molecule has 0 aromatic carbocycles. The Bertz CT molecular complexity index is 349. The Balaban J connectivity index is 2.21. The molecular weight excluding hydrogens is 241 g/mol. The van der Waals surface area contributed by atoms with Crippen LogP contribution in [0.5, 0.6) is 0 Å². The Morgan fingerprint density at radius 2 is 1.89 bits per heavy atom.